The van der Waals surface area contributed by atoms with Crippen molar-refractivity contribution in [1.82, 2.24) is 10.2 Å². The van der Waals surface area contributed by atoms with Crippen molar-refractivity contribution in [2.24, 2.45) is 11.8 Å². The van der Waals surface area contributed by atoms with Crippen molar-refractivity contribution < 1.29 is 0 Å². The first kappa shape index (κ1) is 15.5. The van der Waals surface area contributed by atoms with Crippen LogP contribution in [-0.4, -0.2) is 30.6 Å². The number of rotatable bonds is 7. The molecule has 1 N–H and O–H groups in total. The lowest BCUT2D eigenvalue weighted by molar-refractivity contribution is 0.133. The van der Waals surface area contributed by atoms with Gasteiger partial charge in [0.25, 0.3) is 0 Å². The quantitative estimate of drug-likeness (QED) is 0.815. The van der Waals surface area contributed by atoms with Gasteiger partial charge in [-0.25, -0.2) is 0 Å². The molecule has 1 heterocycles. The van der Waals surface area contributed by atoms with E-state index >= 15 is 0 Å². The molecule has 0 spiro atoms. The Bertz CT molecular complexity index is 413. The monoisotopic (exact) mass is 306 g/mol. The maximum Gasteiger partial charge on any atom is 0.0330 e. The zero-order valence-electron chi connectivity index (χ0n) is 13.6. The van der Waals surface area contributed by atoms with Crippen molar-refractivity contribution in [3.63, 3.8) is 0 Å². The highest BCUT2D eigenvalue weighted by Crippen LogP contribution is 2.35. The van der Waals surface area contributed by atoms with Crippen LogP contribution in [0.25, 0.3) is 0 Å². The lowest BCUT2D eigenvalue weighted by Gasteiger charge is -2.39. The van der Waals surface area contributed by atoms with Crippen LogP contribution in [0.3, 0.4) is 0 Å². The molecule has 0 amide bonds. The van der Waals surface area contributed by atoms with E-state index in [-0.39, 0.29) is 0 Å². The number of nitrogens with zero attached hydrogens (tertiary/aromatic N) is 1. The maximum absolute atomic E-state index is 3.60. The summed E-state index contributed by atoms with van der Waals surface area (Å²) < 4.78 is 0. The highest BCUT2D eigenvalue weighted by Gasteiger charge is 2.35. The maximum atomic E-state index is 3.60. The highest BCUT2D eigenvalue weighted by atomic mass is 32.1. The van der Waals surface area contributed by atoms with E-state index in [4.69, 9.17) is 0 Å². The first-order valence-corrected chi connectivity index (χ1v) is 9.61. The van der Waals surface area contributed by atoms with Crippen molar-refractivity contribution in [2.75, 3.05) is 13.6 Å². The molecule has 0 radical (unpaired) electrons. The Morgan fingerprint density at radius 2 is 2.14 bits per heavy atom. The average molecular weight is 307 g/mol. The number of thiophene rings is 1. The molecular formula is C18H30N2S. The number of hydrogen-bond donors (Lipinski definition) is 1. The Morgan fingerprint density at radius 3 is 2.76 bits per heavy atom. The minimum Gasteiger partial charge on any atom is -0.317 e. The zero-order chi connectivity index (χ0) is 14.7. The van der Waals surface area contributed by atoms with Gasteiger partial charge in [-0.1, -0.05) is 19.4 Å². The van der Waals surface area contributed by atoms with Crippen LogP contribution in [0.15, 0.2) is 17.5 Å². The van der Waals surface area contributed by atoms with Gasteiger partial charge >= 0.3 is 0 Å². The molecule has 0 bridgehead atoms. The summed E-state index contributed by atoms with van der Waals surface area (Å²) in [5.74, 6) is 1.80. The van der Waals surface area contributed by atoms with Gasteiger partial charge in [0.2, 0.25) is 0 Å². The predicted molar refractivity (Wildman–Crippen MR) is 91.7 cm³/mol. The molecular weight excluding hydrogens is 276 g/mol. The summed E-state index contributed by atoms with van der Waals surface area (Å²) in [5, 5.41) is 5.81. The van der Waals surface area contributed by atoms with Crippen molar-refractivity contribution in [2.45, 2.75) is 64.1 Å². The summed E-state index contributed by atoms with van der Waals surface area (Å²) in [7, 11) is 2.16. The molecule has 0 aromatic carbocycles. The molecule has 3 unspecified atom stereocenters. The second kappa shape index (κ2) is 7.26. The molecule has 0 saturated heterocycles. The van der Waals surface area contributed by atoms with Crippen LogP contribution >= 0.6 is 11.3 Å². The van der Waals surface area contributed by atoms with E-state index in [1.807, 2.05) is 11.3 Å². The molecule has 3 rings (SSSR count). The molecule has 3 heteroatoms. The first-order chi connectivity index (χ1) is 10.3. The minimum atomic E-state index is 0.734. The van der Waals surface area contributed by atoms with Gasteiger partial charge in [-0.15, -0.1) is 11.3 Å². The van der Waals surface area contributed by atoms with Crippen LogP contribution in [0.1, 0.15) is 50.3 Å². The zero-order valence-corrected chi connectivity index (χ0v) is 14.4. The van der Waals surface area contributed by atoms with Crippen LogP contribution in [0, 0.1) is 11.8 Å². The number of nitrogens with one attached hydrogen (secondary N) is 1. The van der Waals surface area contributed by atoms with E-state index < -0.39 is 0 Å². The number of hydrogen-bond acceptors (Lipinski definition) is 3. The van der Waals surface area contributed by atoms with E-state index in [0.717, 1.165) is 23.9 Å². The Morgan fingerprint density at radius 1 is 1.29 bits per heavy atom. The normalized spacial score (nSPS) is 30.0. The van der Waals surface area contributed by atoms with Crippen LogP contribution in [0.2, 0.25) is 0 Å². The fourth-order valence-electron chi connectivity index (χ4n) is 4.00. The molecule has 21 heavy (non-hydrogen) atoms. The Kier molecular flexibility index (Phi) is 5.36. The lowest BCUT2D eigenvalue weighted by Crippen LogP contribution is -2.45. The molecule has 1 aromatic heterocycles. The summed E-state index contributed by atoms with van der Waals surface area (Å²) in [4.78, 5) is 4.31. The summed E-state index contributed by atoms with van der Waals surface area (Å²) >= 11 is 1.91. The van der Waals surface area contributed by atoms with E-state index in [0.29, 0.717) is 0 Å². The molecule has 2 aliphatic rings. The third-order valence-corrected chi connectivity index (χ3v) is 6.37. The SMILES string of the molecule is CCC1CCC(NC)C(CN(Cc2cccs2)C2CC2)C1. The van der Waals surface area contributed by atoms with E-state index in [2.05, 4.69) is 41.7 Å². The molecule has 0 aliphatic heterocycles. The third kappa shape index (κ3) is 4.08. The van der Waals surface area contributed by atoms with Crippen molar-refractivity contribution in [1.29, 1.82) is 0 Å². The Labute approximate surface area is 133 Å². The van der Waals surface area contributed by atoms with Crippen LogP contribution in [-0.2, 0) is 6.54 Å². The molecule has 1 aromatic rings. The summed E-state index contributed by atoms with van der Waals surface area (Å²) in [6, 6.07) is 6.09. The Hall–Kier alpha value is -0.380. The Balaban J connectivity index is 1.62. The molecule has 118 valence electrons. The fourth-order valence-corrected chi connectivity index (χ4v) is 4.73. The van der Waals surface area contributed by atoms with Gasteiger partial charge in [-0.2, -0.15) is 0 Å². The fraction of sp³-hybridized carbons (Fsp3) is 0.778. The van der Waals surface area contributed by atoms with E-state index in [1.54, 1.807) is 0 Å². The molecule has 2 aliphatic carbocycles. The van der Waals surface area contributed by atoms with Crippen LogP contribution in [0.4, 0.5) is 0 Å². The van der Waals surface area contributed by atoms with E-state index in [1.165, 1.54) is 56.5 Å². The first-order valence-electron chi connectivity index (χ1n) is 8.73. The predicted octanol–water partition coefficient (Wildman–Crippen LogP) is 4.13. The standard InChI is InChI=1S/C18H30N2S/c1-3-14-6-9-18(19-2)15(11-14)12-20(16-7-8-16)13-17-5-4-10-21-17/h4-5,10,14-16,18-19H,3,6-9,11-13H2,1-2H3. The van der Waals surface area contributed by atoms with Gasteiger partial charge in [0, 0.05) is 30.1 Å². The smallest absolute Gasteiger partial charge is 0.0330 e. The van der Waals surface area contributed by atoms with Gasteiger partial charge < -0.3 is 5.32 Å². The van der Waals surface area contributed by atoms with Crippen molar-refractivity contribution >= 4 is 11.3 Å². The van der Waals surface area contributed by atoms with Gasteiger partial charge in [-0.3, -0.25) is 4.90 Å². The average Bonchev–Trinajstić information content (AvgIpc) is 3.24. The summed E-state index contributed by atoms with van der Waals surface area (Å²) in [5.41, 5.74) is 0. The molecule has 2 fully saturated rings. The van der Waals surface area contributed by atoms with Crippen LogP contribution in [0.5, 0.6) is 0 Å². The summed E-state index contributed by atoms with van der Waals surface area (Å²) in [6.45, 7) is 4.84. The summed E-state index contributed by atoms with van der Waals surface area (Å²) in [6.07, 6.45) is 8.42. The third-order valence-electron chi connectivity index (χ3n) is 5.51. The van der Waals surface area contributed by atoms with Crippen molar-refractivity contribution in [3.05, 3.63) is 22.4 Å². The lowest BCUT2D eigenvalue weighted by atomic mass is 9.76. The van der Waals surface area contributed by atoms with Gasteiger partial charge in [0.05, 0.1) is 0 Å². The highest BCUT2D eigenvalue weighted by molar-refractivity contribution is 7.09. The van der Waals surface area contributed by atoms with Crippen molar-refractivity contribution in [3.8, 4) is 0 Å². The second-order valence-electron chi connectivity index (χ2n) is 6.98. The molecule has 3 atom stereocenters. The van der Waals surface area contributed by atoms with Crippen LogP contribution < -0.4 is 5.32 Å². The van der Waals surface area contributed by atoms with Gasteiger partial charge in [-0.05, 0) is 62.4 Å². The largest absolute Gasteiger partial charge is 0.317 e. The minimum absolute atomic E-state index is 0.734. The molecule has 2 saturated carbocycles. The van der Waals surface area contributed by atoms with E-state index in [9.17, 15) is 0 Å². The topological polar surface area (TPSA) is 15.3 Å². The van der Waals surface area contributed by atoms with Gasteiger partial charge in [0.15, 0.2) is 0 Å². The van der Waals surface area contributed by atoms with Gasteiger partial charge in [0.1, 0.15) is 0 Å². The molecule has 2 nitrogen and oxygen atoms in total. The second-order valence-corrected chi connectivity index (χ2v) is 8.01.